The van der Waals surface area contributed by atoms with Crippen LogP contribution in [0.25, 0.3) is 0 Å². The number of carbonyl (C=O) groups is 4. The molecule has 0 fully saturated rings. The summed E-state index contributed by atoms with van der Waals surface area (Å²) >= 11 is 0. The quantitative estimate of drug-likeness (QED) is 0.0132. The highest BCUT2D eigenvalue weighted by Crippen LogP contribution is 2.15. The molecule has 0 aliphatic heterocycles. The summed E-state index contributed by atoms with van der Waals surface area (Å²) in [6.45, 7) is 4.15. The lowest BCUT2D eigenvalue weighted by molar-refractivity contribution is -0.343. The Balaban J connectivity index is 3.93. The normalized spacial score (nSPS) is 13.1. The van der Waals surface area contributed by atoms with Crippen LogP contribution in [0.4, 0.5) is 0 Å². The van der Waals surface area contributed by atoms with Crippen LogP contribution in [-0.4, -0.2) is 64.1 Å². The van der Waals surface area contributed by atoms with Crippen molar-refractivity contribution in [2.24, 2.45) is 0 Å². The van der Waals surface area contributed by atoms with Crippen LogP contribution in [0.5, 0.6) is 0 Å². The first-order valence-electron chi connectivity index (χ1n) is 23.3. The topological polar surface area (TPSA) is 171 Å². The van der Waals surface area contributed by atoms with Crippen LogP contribution in [-0.2, 0) is 29.0 Å². The molecule has 0 aromatic carbocycles. The van der Waals surface area contributed by atoms with Crippen LogP contribution < -0.4 is 10.6 Å². The van der Waals surface area contributed by atoms with Gasteiger partial charge in [-0.05, 0) is 51.4 Å². The molecule has 5 N–H and O–H groups in total. The van der Waals surface area contributed by atoms with Crippen molar-refractivity contribution in [2.75, 3.05) is 6.61 Å². The Bertz CT molecular complexity index is 993. The molecule has 0 radical (unpaired) electrons. The lowest BCUT2D eigenvalue weighted by Crippen LogP contribution is -2.41. The number of aliphatic hydroxyl groups is 2. The summed E-state index contributed by atoms with van der Waals surface area (Å²) in [4.78, 5) is 57.9. The zero-order chi connectivity index (χ0) is 42.0. The maximum atomic E-state index is 12.4. The molecule has 11 nitrogen and oxygen atoms in total. The fraction of sp³-hybridized carbons (Fsp3) is 0.870. The second kappa shape index (κ2) is 41.7. The zero-order valence-electron chi connectivity index (χ0n) is 36.4. The zero-order valence-corrected chi connectivity index (χ0v) is 36.4. The summed E-state index contributed by atoms with van der Waals surface area (Å²) < 4.78 is 0. The number of allylic oxidation sites excluding steroid dienone is 2. The van der Waals surface area contributed by atoms with Gasteiger partial charge in [0.2, 0.25) is 18.1 Å². The largest absolute Gasteiger partial charge is 0.480 e. The van der Waals surface area contributed by atoms with Gasteiger partial charge >= 0.3 is 11.9 Å². The second-order valence-corrected chi connectivity index (χ2v) is 16.1. The molecule has 0 saturated carbocycles. The number of nitrogens with one attached hydrogen (secondary N) is 2. The summed E-state index contributed by atoms with van der Waals surface area (Å²) in [5.41, 5.74) is 0. The summed E-state index contributed by atoms with van der Waals surface area (Å²) in [7, 11) is 0. The van der Waals surface area contributed by atoms with E-state index in [1.807, 2.05) is 0 Å². The van der Waals surface area contributed by atoms with Crippen LogP contribution in [0.3, 0.4) is 0 Å². The van der Waals surface area contributed by atoms with Gasteiger partial charge in [0.05, 0.1) is 19.1 Å². The first kappa shape index (κ1) is 54.5. The number of carboxylic acid groups (broad SMARTS) is 1. The lowest BCUT2D eigenvalue weighted by atomic mass is 10.0. The van der Waals surface area contributed by atoms with E-state index in [1.165, 1.54) is 116 Å². The molecule has 0 aliphatic rings. The lowest BCUT2D eigenvalue weighted by Gasteiger charge is -2.17. The molecule has 57 heavy (non-hydrogen) atoms. The predicted molar refractivity (Wildman–Crippen MR) is 229 cm³/mol. The molecular formula is C46H86N2O9. The maximum Gasteiger partial charge on any atom is 0.342 e. The second-order valence-electron chi connectivity index (χ2n) is 16.1. The van der Waals surface area contributed by atoms with E-state index in [2.05, 4.69) is 41.5 Å². The molecule has 0 bridgehead atoms. The minimum atomic E-state index is -1.58. The van der Waals surface area contributed by atoms with Gasteiger partial charge in [0.1, 0.15) is 6.04 Å². The van der Waals surface area contributed by atoms with Gasteiger partial charge in [0.15, 0.2) is 0 Å². The third-order valence-corrected chi connectivity index (χ3v) is 10.5. The molecule has 0 aromatic rings. The molecule has 0 aliphatic carbocycles. The predicted octanol–water partition coefficient (Wildman–Crippen LogP) is 10.7. The number of carboxylic acids is 1. The highest BCUT2D eigenvalue weighted by Gasteiger charge is 2.22. The molecule has 0 heterocycles. The van der Waals surface area contributed by atoms with Gasteiger partial charge < -0.3 is 26.0 Å². The number of unbranched alkanes of at least 4 members (excludes halogenated alkanes) is 25. The molecule has 3 atom stereocenters. The van der Waals surface area contributed by atoms with E-state index >= 15 is 0 Å². The third-order valence-electron chi connectivity index (χ3n) is 10.5. The molecule has 0 rings (SSSR count). The van der Waals surface area contributed by atoms with Gasteiger partial charge in [-0.25, -0.2) is 9.59 Å². The van der Waals surface area contributed by atoms with E-state index in [0.717, 1.165) is 57.8 Å². The monoisotopic (exact) mass is 811 g/mol. The Labute approximate surface area is 347 Å². The van der Waals surface area contributed by atoms with Crippen LogP contribution in [0.1, 0.15) is 232 Å². The van der Waals surface area contributed by atoms with E-state index in [1.54, 1.807) is 0 Å². The fourth-order valence-corrected chi connectivity index (χ4v) is 6.85. The van der Waals surface area contributed by atoms with Crippen LogP contribution in [0.2, 0.25) is 0 Å². The van der Waals surface area contributed by atoms with Gasteiger partial charge in [-0.2, -0.15) is 4.89 Å². The van der Waals surface area contributed by atoms with Gasteiger partial charge in [0, 0.05) is 19.3 Å². The van der Waals surface area contributed by atoms with Gasteiger partial charge in [-0.3, -0.25) is 14.5 Å². The summed E-state index contributed by atoms with van der Waals surface area (Å²) in [5, 5.41) is 34.5. The number of hydrogen-bond donors (Lipinski definition) is 5. The summed E-state index contributed by atoms with van der Waals surface area (Å²) in [6.07, 6.45) is 36.9. The molecule has 0 saturated heterocycles. The number of aliphatic hydroxyl groups excluding tert-OH is 2. The van der Waals surface area contributed by atoms with Gasteiger partial charge in [-0.1, -0.05) is 167 Å². The highest BCUT2D eigenvalue weighted by atomic mass is 17.2. The average Bonchev–Trinajstić information content (AvgIpc) is 3.19. The van der Waals surface area contributed by atoms with Crippen molar-refractivity contribution in [3.8, 4) is 0 Å². The van der Waals surface area contributed by atoms with Crippen molar-refractivity contribution in [3.05, 3.63) is 12.2 Å². The fourth-order valence-electron chi connectivity index (χ4n) is 6.85. The molecule has 2 amide bonds. The maximum absolute atomic E-state index is 12.4. The molecule has 334 valence electrons. The smallest absolute Gasteiger partial charge is 0.342 e. The molecule has 0 aromatic heterocycles. The minimum Gasteiger partial charge on any atom is -0.480 e. The molecule has 3 unspecified atom stereocenters. The van der Waals surface area contributed by atoms with E-state index in [9.17, 15) is 34.5 Å². The van der Waals surface area contributed by atoms with Crippen molar-refractivity contribution in [1.29, 1.82) is 0 Å². The Morgan fingerprint density at radius 2 is 0.930 bits per heavy atom. The molecular weight excluding hydrogens is 725 g/mol. The van der Waals surface area contributed by atoms with Crippen molar-refractivity contribution in [3.63, 3.8) is 0 Å². The summed E-state index contributed by atoms with van der Waals surface area (Å²) in [6, 6.07) is -1.82. The van der Waals surface area contributed by atoms with E-state index in [4.69, 9.17) is 4.89 Å². The SMILES string of the molecule is CCCCCCCCC=CCCCCCCCC(=O)NC(CO)CCC(=O)OOC(O)CCC(NC(=O)CCCCCCCCCCCCCCCCC)C(=O)O. The Morgan fingerprint density at radius 1 is 0.526 bits per heavy atom. The highest BCUT2D eigenvalue weighted by molar-refractivity contribution is 5.83. The summed E-state index contributed by atoms with van der Waals surface area (Å²) in [5.74, 6) is -2.55. The number of amides is 2. The number of aliphatic carboxylic acids is 1. The number of carbonyl (C=O) groups excluding carboxylic acids is 3. The standard InChI is InChI=1S/C46H86N2O9/c1-3-5-7-9-11-13-15-17-19-21-23-25-27-29-31-33-42(50)47-40(39-49)35-37-44(52)56-57-45(53)38-36-41(46(54)55)48-43(51)34-32-30-28-26-24-22-20-18-16-14-12-10-8-6-4-2/h17,19,40-41,45,49,53H,3-16,18,20-39H2,1-2H3,(H,47,50)(H,48,51)(H,54,55). The number of hydrogen-bond acceptors (Lipinski definition) is 8. The van der Waals surface area contributed by atoms with E-state index in [-0.39, 0.29) is 50.5 Å². The van der Waals surface area contributed by atoms with E-state index < -0.39 is 30.3 Å². The Hall–Kier alpha value is -2.50. The first-order valence-corrected chi connectivity index (χ1v) is 23.3. The van der Waals surface area contributed by atoms with Crippen molar-refractivity contribution in [1.82, 2.24) is 10.6 Å². The van der Waals surface area contributed by atoms with Crippen LogP contribution >= 0.6 is 0 Å². The number of rotatable bonds is 43. The Morgan fingerprint density at radius 3 is 1.35 bits per heavy atom. The van der Waals surface area contributed by atoms with Crippen molar-refractivity contribution >= 4 is 23.8 Å². The van der Waals surface area contributed by atoms with E-state index in [0.29, 0.717) is 12.8 Å². The minimum absolute atomic E-state index is 0.117. The molecule has 0 spiro atoms. The first-order chi connectivity index (χ1) is 27.7. The average molecular weight is 811 g/mol. The third kappa shape index (κ3) is 38.8. The van der Waals surface area contributed by atoms with Crippen LogP contribution in [0.15, 0.2) is 12.2 Å². The Kier molecular flexibility index (Phi) is 39.8. The van der Waals surface area contributed by atoms with Gasteiger partial charge in [0.25, 0.3) is 0 Å². The van der Waals surface area contributed by atoms with Gasteiger partial charge in [-0.15, -0.1) is 0 Å². The molecule has 11 heteroatoms. The van der Waals surface area contributed by atoms with Crippen LogP contribution in [0, 0.1) is 0 Å². The van der Waals surface area contributed by atoms with Crippen molar-refractivity contribution < 1.29 is 44.3 Å². The van der Waals surface area contributed by atoms with Crippen molar-refractivity contribution in [2.45, 2.75) is 251 Å².